The molecule has 0 spiro atoms. The highest BCUT2D eigenvalue weighted by Gasteiger charge is 2.24. The van der Waals surface area contributed by atoms with Crippen molar-refractivity contribution in [3.05, 3.63) is 35.6 Å². The van der Waals surface area contributed by atoms with Crippen LogP contribution in [-0.4, -0.2) is 6.43 Å². The zero-order chi connectivity index (χ0) is 11.0. The summed E-state index contributed by atoms with van der Waals surface area (Å²) in [5.74, 6) is 0.172. The van der Waals surface area contributed by atoms with E-state index < -0.39 is 12.5 Å². The van der Waals surface area contributed by atoms with Crippen molar-refractivity contribution in [2.24, 2.45) is 5.73 Å². The van der Waals surface area contributed by atoms with Crippen LogP contribution in [0.3, 0.4) is 0 Å². The number of nitrogens with two attached hydrogens (primary N) is 1. The summed E-state index contributed by atoms with van der Waals surface area (Å²) in [6.07, 6.45) is -2.61. The smallest absolute Gasteiger partial charge is 0.260 e. The molecule has 1 atom stereocenters. The fourth-order valence-corrected chi connectivity index (χ4v) is 1.63. The van der Waals surface area contributed by atoms with E-state index in [1.165, 1.54) is 0 Å². The van der Waals surface area contributed by atoms with Gasteiger partial charge in [0.2, 0.25) is 0 Å². The SMILES string of the molecule is Cc1c(C(N)C(F)F)oc2ccccc12. The molecule has 2 nitrogen and oxygen atoms in total. The molecule has 2 N–H and O–H groups in total. The molecule has 80 valence electrons. The first-order valence-electron chi connectivity index (χ1n) is 4.63. The van der Waals surface area contributed by atoms with Gasteiger partial charge in [0.1, 0.15) is 17.4 Å². The quantitative estimate of drug-likeness (QED) is 0.829. The molecule has 0 amide bonds. The van der Waals surface area contributed by atoms with Crippen LogP contribution in [0.5, 0.6) is 0 Å². The highest BCUT2D eigenvalue weighted by Crippen LogP contribution is 2.30. The summed E-state index contributed by atoms with van der Waals surface area (Å²) in [6.45, 7) is 1.74. The zero-order valence-corrected chi connectivity index (χ0v) is 8.21. The maximum absolute atomic E-state index is 12.4. The minimum Gasteiger partial charge on any atom is -0.459 e. The molecule has 15 heavy (non-hydrogen) atoms. The molecule has 1 heterocycles. The largest absolute Gasteiger partial charge is 0.459 e. The molecule has 2 rings (SSSR count). The summed E-state index contributed by atoms with van der Waals surface area (Å²) in [4.78, 5) is 0. The lowest BCUT2D eigenvalue weighted by molar-refractivity contribution is 0.107. The fourth-order valence-electron chi connectivity index (χ4n) is 1.63. The van der Waals surface area contributed by atoms with Crippen LogP contribution < -0.4 is 5.73 Å². The molecule has 0 radical (unpaired) electrons. The van der Waals surface area contributed by atoms with E-state index in [-0.39, 0.29) is 5.76 Å². The zero-order valence-electron chi connectivity index (χ0n) is 8.21. The summed E-state index contributed by atoms with van der Waals surface area (Å²) >= 11 is 0. The second kappa shape index (κ2) is 3.62. The molecule has 1 aromatic carbocycles. The van der Waals surface area contributed by atoms with Gasteiger partial charge in [-0.1, -0.05) is 18.2 Å². The van der Waals surface area contributed by atoms with E-state index >= 15 is 0 Å². The number of fused-ring (bicyclic) bond motifs is 1. The summed E-state index contributed by atoms with van der Waals surface area (Å²) in [6, 6.07) is 5.85. The molecular weight excluding hydrogens is 200 g/mol. The lowest BCUT2D eigenvalue weighted by atomic mass is 10.1. The Morgan fingerprint density at radius 1 is 1.27 bits per heavy atom. The van der Waals surface area contributed by atoms with E-state index in [4.69, 9.17) is 10.2 Å². The van der Waals surface area contributed by atoms with Crippen LogP contribution in [0.1, 0.15) is 17.4 Å². The minimum absolute atomic E-state index is 0.172. The molecule has 0 fully saturated rings. The number of furan rings is 1. The van der Waals surface area contributed by atoms with Gasteiger partial charge < -0.3 is 10.2 Å². The van der Waals surface area contributed by atoms with Crippen molar-refractivity contribution < 1.29 is 13.2 Å². The second-order valence-electron chi connectivity index (χ2n) is 3.45. The van der Waals surface area contributed by atoms with Crippen molar-refractivity contribution >= 4 is 11.0 Å². The Bertz CT molecular complexity index is 478. The van der Waals surface area contributed by atoms with Gasteiger partial charge in [-0.3, -0.25) is 0 Å². The van der Waals surface area contributed by atoms with Crippen molar-refractivity contribution in [3.8, 4) is 0 Å². The molecule has 2 aromatic rings. The number of para-hydroxylation sites is 1. The second-order valence-corrected chi connectivity index (χ2v) is 3.45. The van der Waals surface area contributed by atoms with Crippen molar-refractivity contribution in [1.82, 2.24) is 0 Å². The topological polar surface area (TPSA) is 39.2 Å². The van der Waals surface area contributed by atoms with E-state index in [1.807, 2.05) is 12.1 Å². The Labute approximate surface area is 85.7 Å². The van der Waals surface area contributed by atoms with Gasteiger partial charge in [0.05, 0.1) is 0 Å². The highest BCUT2D eigenvalue weighted by molar-refractivity contribution is 5.82. The molecular formula is C11H11F2NO. The maximum atomic E-state index is 12.4. The Kier molecular flexibility index (Phi) is 2.44. The number of hydrogen-bond acceptors (Lipinski definition) is 2. The van der Waals surface area contributed by atoms with Gasteiger partial charge in [-0.2, -0.15) is 0 Å². The Hall–Kier alpha value is -1.42. The van der Waals surface area contributed by atoms with Crippen LogP contribution >= 0.6 is 0 Å². The number of aryl methyl sites for hydroxylation is 1. The summed E-state index contributed by atoms with van der Waals surface area (Å²) in [7, 11) is 0. The molecule has 1 unspecified atom stereocenters. The Morgan fingerprint density at radius 2 is 1.93 bits per heavy atom. The van der Waals surface area contributed by atoms with Gasteiger partial charge in [0.15, 0.2) is 0 Å². The molecule has 0 saturated heterocycles. The van der Waals surface area contributed by atoms with Crippen LogP contribution in [0.15, 0.2) is 28.7 Å². The van der Waals surface area contributed by atoms with Crippen molar-refractivity contribution in [3.63, 3.8) is 0 Å². The third-order valence-corrected chi connectivity index (χ3v) is 2.45. The average molecular weight is 211 g/mol. The van der Waals surface area contributed by atoms with Gasteiger partial charge in [-0.05, 0) is 13.0 Å². The third-order valence-electron chi connectivity index (χ3n) is 2.45. The van der Waals surface area contributed by atoms with E-state index in [2.05, 4.69) is 0 Å². The van der Waals surface area contributed by atoms with Crippen molar-refractivity contribution in [2.45, 2.75) is 19.4 Å². The summed E-state index contributed by atoms with van der Waals surface area (Å²) < 4.78 is 30.2. The van der Waals surface area contributed by atoms with Crippen molar-refractivity contribution in [2.75, 3.05) is 0 Å². The minimum atomic E-state index is -2.61. The first kappa shape index (κ1) is 10.1. The van der Waals surface area contributed by atoms with Crippen LogP contribution in [0, 0.1) is 6.92 Å². The number of hydrogen-bond donors (Lipinski definition) is 1. The molecule has 1 aromatic heterocycles. The molecule has 4 heteroatoms. The lowest BCUT2D eigenvalue weighted by Gasteiger charge is -2.07. The first-order valence-corrected chi connectivity index (χ1v) is 4.63. The van der Waals surface area contributed by atoms with E-state index in [1.54, 1.807) is 19.1 Å². The molecule has 0 aliphatic rings. The lowest BCUT2D eigenvalue weighted by Crippen LogP contribution is -2.18. The van der Waals surface area contributed by atoms with Crippen LogP contribution in [0.25, 0.3) is 11.0 Å². The van der Waals surface area contributed by atoms with Crippen LogP contribution in [0.4, 0.5) is 8.78 Å². The summed E-state index contributed by atoms with van der Waals surface area (Å²) in [5.41, 5.74) is 6.65. The van der Waals surface area contributed by atoms with Crippen molar-refractivity contribution in [1.29, 1.82) is 0 Å². The number of benzene rings is 1. The van der Waals surface area contributed by atoms with Gasteiger partial charge >= 0.3 is 0 Å². The average Bonchev–Trinajstić information content (AvgIpc) is 2.56. The highest BCUT2D eigenvalue weighted by atomic mass is 19.3. The van der Waals surface area contributed by atoms with Gasteiger partial charge in [-0.25, -0.2) is 8.78 Å². The Balaban J connectivity index is 2.58. The fraction of sp³-hybridized carbons (Fsp3) is 0.273. The van der Waals surface area contributed by atoms with Gasteiger partial charge in [-0.15, -0.1) is 0 Å². The first-order chi connectivity index (χ1) is 7.11. The van der Waals surface area contributed by atoms with Crippen LogP contribution in [0.2, 0.25) is 0 Å². The molecule has 0 saturated carbocycles. The van der Waals surface area contributed by atoms with E-state index in [9.17, 15) is 8.78 Å². The number of rotatable bonds is 2. The van der Waals surface area contributed by atoms with Crippen LogP contribution in [-0.2, 0) is 0 Å². The maximum Gasteiger partial charge on any atom is 0.260 e. The molecule has 0 bridgehead atoms. The standard InChI is InChI=1S/C11H11F2NO/c1-6-7-4-2-3-5-8(7)15-10(6)9(14)11(12)13/h2-5,9,11H,14H2,1H3. The monoisotopic (exact) mass is 211 g/mol. The van der Waals surface area contributed by atoms with Gasteiger partial charge in [0, 0.05) is 10.9 Å². The number of halogens is 2. The normalized spacial score (nSPS) is 13.7. The number of alkyl halides is 2. The third kappa shape index (κ3) is 1.61. The Morgan fingerprint density at radius 3 is 2.53 bits per heavy atom. The molecule has 0 aliphatic carbocycles. The predicted octanol–water partition coefficient (Wildman–Crippen LogP) is 3.01. The van der Waals surface area contributed by atoms with E-state index in [0.717, 1.165) is 5.39 Å². The van der Waals surface area contributed by atoms with Gasteiger partial charge in [0.25, 0.3) is 6.43 Å². The molecule has 0 aliphatic heterocycles. The van der Waals surface area contributed by atoms with E-state index in [0.29, 0.717) is 11.1 Å². The predicted molar refractivity (Wildman–Crippen MR) is 53.9 cm³/mol. The summed E-state index contributed by atoms with van der Waals surface area (Å²) in [5, 5.41) is 0.837.